The second-order valence-electron chi connectivity index (χ2n) is 8.00. The number of nitrogens with zero attached hydrogens (tertiary/aromatic N) is 3. The van der Waals surface area contributed by atoms with Gasteiger partial charge >= 0.3 is 0 Å². The molecule has 1 aliphatic rings. The molecule has 0 aromatic heterocycles. The third-order valence-electron chi connectivity index (χ3n) is 5.61. The summed E-state index contributed by atoms with van der Waals surface area (Å²) >= 11 is 0. The van der Waals surface area contributed by atoms with E-state index in [1.807, 2.05) is 26.8 Å². The van der Waals surface area contributed by atoms with Crippen LogP contribution in [0.3, 0.4) is 0 Å². The summed E-state index contributed by atoms with van der Waals surface area (Å²) in [5, 5.41) is 6.21. The smallest absolute Gasteiger partial charge is 0.257 e. The highest BCUT2D eigenvalue weighted by atomic mass is 19.1. The first kappa shape index (κ1) is 21.2. The first-order valence-electron chi connectivity index (χ1n) is 10.3. The minimum absolute atomic E-state index is 0.103. The van der Waals surface area contributed by atoms with E-state index in [0.717, 1.165) is 28.9 Å². The number of benzene rings is 2. The Kier molecular flexibility index (Phi) is 6.48. The molecule has 0 unspecified atom stereocenters. The summed E-state index contributed by atoms with van der Waals surface area (Å²) in [6, 6.07) is 12.7. The number of halogens is 1. The van der Waals surface area contributed by atoms with Crippen LogP contribution in [0.4, 0.5) is 4.39 Å². The number of carbonyl (C=O) groups is 1. The number of rotatable bonds is 6. The number of hydrogen-bond acceptors (Lipinski definition) is 3. The van der Waals surface area contributed by atoms with Crippen LogP contribution < -0.4 is 0 Å². The minimum Gasteiger partial charge on any atom is -0.292 e. The molecule has 0 bridgehead atoms. The summed E-state index contributed by atoms with van der Waals surface area (Å²) in [5.41, 5.74) is 4.61. The van der Waals surface area contributed by atoms with E-state index in [1.54, 1.807) is 12.1 Å². The Hall–Kier alpha value is -2.53. The molecule has 0 fully saturated rings. The molecule has 1 atom stereocenters. The van der Waals surface area contributed by atoms with Gasteiger partial charge in [-0.3, -0.25) is 9.69 Å². The molecule has 1 aliphatic heterocycles. The normalized spacial score (nSPS) is 16.6. The Morgan fingerprint density at radius 1 is 1.24 bits per heavy atom. The van der Waals surface area contributed by atoms with Crippen LogP contribution in [0, 0.1) is 19.7 Å². The van der Waals surface area contributed by atoms with Crippen LogP contribution in [-0.4, -0.2) is 40.7 Å². The number of likely N-dealkylation sites (N-methyl/N-ethyl adjacent to an activating group) is 1. The molecule has 5 heteroatoms. The van der Waals surface area contributed by atoms with Crippen molar-refractivity contribution in [1.29, 1.82) is 0 Å². The van der Waals surface area contributed by atoms with E-state index in [1.165, 1.54) is 11.1 Å². The third-order valence-corrected chi connectivity index (χ3v) is 5.61. The molecular formula is C24H30FN3O. The van der Waals surface area contributed by atoms with Crippen LogP contribution in [0.5, 0.6) is 0 Å². The van der Waals surface area contributed by atoms with Gasteiger partial charge in [0, 0.05) is 23.6 Å². The van der Waals surface area contributed by atoms with Gasteiger partial charge in [-0.2, -0.15) is 5.10 Å². The Balaban J connectivity index is 1.99. The van der Waals surface area contributed by atoms with E-state index in [-0.39, 0.29) is 24.3 Å². The van der Waals surface area contributed by atoms with Crippen molar-refractivity contribution in [3.05, 3.63) is 70.5 Å². The topological polar surface area (TPSA) is 35.9 Å². The molecule has 0 N–H and O–H groups in total. The lowest BCUT2D eigenvalue weighted by molar-refractivity contribution is -0.134. The zero-order chi connectivity index (χ0) is 21.1. The van der Waals surface area contributed by atoms with Crippen LogP contribution in [0.1, 0.15) is 55.5 Å². The standard InChI is InChI=1S/C24H30FN3O/c1-6-27(16(2)3)15-24(29)28-23(19-9-7-8-10-21(19)25)14-22(26-28)20-13-17(4)11-12-18(20)5/h7-13,16,23H,6,14-15H2,1-5H3/t23-/m1/s1. The summed E-state index contributed by atoms with van der Waals surface area (Å²) in [7, 11) is 0. The van der Waals surface area contributed by atoms with E-state index in [9.17, 15) is 9.18 Å². The van der Waals surface area contributed by atoms with Gasteiger partial charge in [0.2, 0.25) is 0 Å². The first-order chi connectivity index (χ1) is 13.8. The molecule has 0 saturated heterocycles. The average Bonchev–Trinajstić information content (AvgIpc) is 3.13. The van der Waals surface area contributed by atoms with Gasteiger partial charge in [-0.05, 0) is 51.9 Å². The van der Waals surface area contributed by atoms with E-state index >= 15 is 0 Å². The molecule has 3 rings (SSSR count). The Morgan fingerprint density at radius 3 is 2.62 bits per heavy atom. The SMILES string of the molecule is CCN(CC(=O)N1N=C(c2cc(C)ccc2C)C[C@@H]1c1ccccc1F)C(C)C. The molecular weight excluding hydrogens is 365 g/mol. The molecule has 2 aromatic carbocycles. The maximum atomic E-state index is 14.6. The Bertz CT molecular complexity index is 922. The highest BCUT2D eigenvalue weighted by Gasteiger charge is 2.35. The quantitative estimate of drug-likeness (QED) is 0.701. The molecule has 4 nitrogen and oxygen atoms in total. The molecule has 1 amide bonds. The third kappa shape index (κ3) is 4.56. The fourth-order valence-electron chi connectivity index (χ4n) is 3.84. The second-order valence-corrected chi connectivity index (χ2v) is 8.00. The number of carbonyl (C=O) groups excluding carboxylic acids is 1. The summed E-state index contributed by atoms with van der Waals surface area (Å²) in [5.74, 6) is -0.405. The number of hydrogen-bond donors (Lipinski definition) is 0. The van der Waals surface area contributed by atoms with Gasteiger partial charge in [0.05, 0.1) is 18.3 Å². The maximum absolute atomic E-state index is 14.6. The predicted octanol–water partition coefficient (Wildman–Crippen LogP) is 4.85. The van der Waals surface area contributed by atoms with E-state index in [2.05, 4.69) is 36.9 Å². The molecule has 0 aliphatic carbocycles. The van der Waals surface area contributed by atoms with Crippen molar-refractivity contribution in [2.75, 3.05) is 13.1 Å². The van der Waals surface area contributed by atoms with Crippen molar-refractivity contribution in [2.45, 2.75) is 53.1 Å². The number of amides is 1. The van der Waals surface area contributed by atoms with Crippen molar-refractivity contribution in [3.63, 3.8) is 0 Å². The largest absolute Gasteiger partial charge is 0.292 e. The van der Waals surface area contributed by atoms with Gasteiger partial charge in [-0.25, -0.2) is 9.40 Å². The van der Waals surface area contributed by atoms with Crippen molar-refractivity contribution >= 4 is 11.6 Å². The van der Waals surface area contributed by atoms with E-state index in [4.69, 9.17) is 5.10 Å². The predicted molar refractivity (Wildman–Crippen MR) is 115 cm³/mol. The lowest BCUT2D eigenvalue weighted by Gasteiger charge is -2.28. The summed E-state index contributed by atoms with van der Waals surface area (Å²) in [6.45, 7) is 11.3. The molecule has 0 saturated carbocycles. The molecule has 29 heavy (non-hydrogen) atoms. The van der Waals surface area contributed by atoms with Gasteiger partial charge in [0.1, 0.15) is 5.82 Å². The molecule has 154 valence electrons. The zero-order valence-electron chi connectivity index (χ0n) is 17.9. The lowest BCUT2D eigenvalue weighted by Crippen LogP contribution is -2.41. The van der Waals surface area contributed by atoms with Crippen LogP contribution in [-0.2, 0) is 4.79 Å². The molecule has 0 spiro atoms. The van der Waals surface area contributed by atoms with E-state index < -0.39 is 6.04 Å². The monoisotopic (exact) mass is 395 g/mol. The average molecular weight is 396 g/mol. The fourth-order valence-corrected chi connectivity index (χ4v) is 3.84. The van der Waals surface area contributed by atoms with Crippen molar-refractivity contribution in [1.82, 2.24) is 9.91 Å². The van der Waals surface area contributed by atoms with Gasteiger partial charge in [-0.15, -0.1) is 0 Å². The Morgan fingerprint density at radius 2 is 1.97 bits per heavy atom. The molecule has 2 aromatic rings. The van der Waals surface area contributed by atoms with Crippen molar-refractivity contribution in [3.8, 4) is 0 Å². The first-order valence-corrected chi connectivity index (χ1v) is 10.3. The van der Waals surface area contributed by atoms with Crippen LogP contribution >= 0.6 is 0 Å². The summed E-state index contributed by atoms with van der Waals surface area (Å²) in [4.78, 5) is 15.3. The lowest BCUT2D eigenvalue weighted by atomic mass is 9.95. The van der Waals surface area contributed by atoms with Crippen molar-refractivity contribution in [2.24, 2.45) is 5.10 Å². The van der Waals surface area contributed by atoms with Gasteiger partial charge in [0.15, 0.2) is 0 Å². The molecule has 0 radical (unpaired) electrons. The highest BCUT2D eigenvalue weighted by Crippen LogP contribution is 2.35. The second kappa shape index (κ2) is 8.87. The number of hydrazone groups is 1. The number of aryl methyl sites for hydroxylation is 2. The molecule has 1 heterocycles. The van der Waals surface area contributed by atoms with Crippen LogP contribution in [0.25, 0.3) is 0 Å². The fraction of sp³-hybridized carbons (Fsp3) is 0.417. The minimum atomic E-state index is -0.426. The van der Waals surface area contributed by atoms with Crippen LogP contribution in [0.2, 0.25) is 0 Å². The summed E-state index contributed by atoms with van der Waals surface area (Å²) in [6.07, 6.45) is 0.505. The maximum Gasteiger partial charge on any atom is 0.257 e. The summed E-state index contributed by atoms with van der Waals surface area (Å²) < 4.78 is 14.6. The van der Waals surface area contributed by atoms with Gasteiger partial charge < -0.3 is 0 Å². The van der Waals surface area contributed by atoms with Gasteiger partial charge in [0.25, 0.3) is 5.91 Å². The van der Waals surface area contributed by atoms with Crippen LogP contribution in [0.15, 0.2) is 47.6 Å². The Labute approximate surface area is 173 Å². The highest BCUT2D eigenvalue weighted by molar-refractivity contribution is 6.04. The van der Waals surface area contributed by atoms with Crippen molar-refractivity contribution < 1.29 is 9.18 Å². The van der Waals surface area contributed by atoms with E-state index in [0.29, 0.717) is 12.0 Å². The van der Waals surface area contributed by atoms with Gasteiger partial charge in [-0.1, -0.05) is 42.8 Å². The zero-order valence-corrected chi connectivity index (χ0v) is 17.9.